The van der Waals surface area contributed by atoms with Gasteiger partial charge >= 0.3 is 6.01 Å². The van der Waals surface area contributed by atoms with Crippen molar-refractivity contribution in [3.05, 3.63) is 6.20 Å². The highest BCUT2D eigenvalue weighted by Gasteiger charge is 2.22. The Balaban J connectivity index is 2.13. The third-order valence-corrected chi connectivity index (χ3v) is 3.59. The predicted octanol–water partition coefficient (Wildman–Crippen LogP) is 2.07. The van der Waals surface area contributed by atoms with Crippen molar-refractivity contribution in [3.8, 4) is 6.01 Å². The second-order valence-electron chi connectivity index (χ2n) is 5.31. The van der Waals surface area contributed by atoms with Crippen molar-refractivity contribution in [1.82, 2.24) is 9.97 Å². The van der Waals surface area contributed by atoms with Crippen LogP contribution in [0.2, 0.25) is 0 Å². The lowest BCUT2D eigenvalue weighted by Gasteiger charge is -2.22. The molecule has 1 aliphatic rings. The molecule has 1 aromatic heterocycles. The van der Waals surface area contributed by atoms with Gasteiger partial charge in [0.1, 0.15) is 5.69 Å². The van der Waals surface area contributed by atoms with Crippen LogP contribution in [0.4, 0.5) is 11.5 Å². The molecule has 0 aliphatic heterocycles. The lowest BCUT2D eigenvalue weighted by Crippen LogP contribution is -2.26. The Kier molecular flexibility index (Phi) is 4.76. The summed E-state index contributed by atoms with van der Waals surface area (Å²) in [4.78, 5) is 22.4. The molecule has 0 radical (unpaired) electrons. The summed E-state index contributed by atoms with van der Waals surface area (Å²) >= 11 is 0. The fourth-order valence-electron chi connectivity index (χ4n) is 2.48. The molecule has 1 aromatic rings. The molecule has 1 fully saturated rings. The summed E-state index contributed by atoms with van der Waals surface area (Å²) < 4.78 is 5.02. The van der Waals surface area contributed by atoms with E-state index in [9.17, 15) is 4.79 Å². The summed E-state index contributed by atoms with van der Waals surface area (Å²) in [7, 11) is 5.27. The van der Waals surface area contributed by atoms with Crippen LogP contribution in [0.25, 0.3) is 0 Å². The molecule has 0 aromatic carbocycles. The van der Waals surface area contributed by atoms with Gasteiger partial charge in [0.25, 0.3) is 0 Å². The quantitative estimate of drug-likeness (QED) is 0.913. The van der Waals surface area contributed by atoms with Gasteiger partial charge in [-0.25, -0.2) is 4.98 Å². The summed E-state index contributed by atoms with van der Waals surface area (Å²) in [6, 6.07) is 0.296. The molecule has 0 bridgehead atoms. The van der Waals surface area contributed by atoms with Crippen molar-refractivity contribution in [2.75, 3.05) is 31.4 Å². The molecule has 0 unspecified atom stereocenters. The van der Waals surface area contributed by atoms with Gasteiger partial charge in [-0.2, -0.15) is 4.98 Å². The van der Waals surface area contributed by atoms with Crippen LogP contribution in [-0.2, 0) is 4.79 Å². The summed E-state index contributed by atoms with van der Waals surface area (Å²) in [5.74, 6) is 0.837. The van der Waals surface area contributed by atoms with Gasteiger partial charge < -0.3 is 15.0 Å². The molecule has 110 valence electrons. The van der Waals surface area contributed by atoms with Crippen LogP contribution >= 0.6 is 0 Å². The number of ether oxygens (including phenoxy) is 1. The van der Waals surface area contributed by atoms with E-state index in [2.05, 4.69) is 15.3 Å². The number of nitrogens with zero attached hydrogens (tertiary/aromatic N) is 3. The third-order valence-electron chi connectivity index (χ3n) is 3.59. The smallest absolute Gasteiger partial charge is 0.318 e. The van der Waals surface area contributed by atoms with E-state index in [1.165, 1.54) is 13.5 Å². The number of aromatic nitrogens is 2. The van der Waals surface area contributed by atoms with Gasteiger partial charge in [-0.05, 0) is 12.8 Å². The number of hydrogen-bond acceptors (Lipinski definition) is 5. The molecule has 20 heavy (non-hydrogen) atoms. The zero-order chi connectivity index (χ0) is 14.5. The Bertz CT molecular complexity index is 470. The van der Waals surface area contributed by atoms with Gasteiger partial charge in [-0.3, -0.25) is 4.79 Å². The maximum atomic E-state index is 12.3. The maximum Gasteiger partial charge on any atom is 0.318 e. The standard InChI is InChI=1S/C14H22N4O2/c1-18(2)12-11(9-15-14(17-12)20-3)16-13(19)10-7-5-4-6-8-10/h9-10H,4-8H2,1-3H3,(H,16,19). The van der Waals surface area contributed by atoms with Gasteiger partial charge in [0.15, 0.2) is 5.82 Å². The third kappa shape index (κ3) is 3.37. The Hall–Kier alpha value is -1.85. The monoisotopic (exact) mass is 278 g/mol. The molecule has 6 nitrogen and oxygen atoms in total. The van der Waals surface area contributed by atoms with Crippen molar-refractivity contribution in [2.24, 2.45) is 5.92 Å². The van der Waals surface area contributed by atoms with Crippen LogP contribution in [0.15, 0.2) is 6.20 Å². The zero-order valence-corrected chi connectivity index (χ0v) is 12.3. The van der Waals surface area contributed by atoms with Crippen LogP contribution in [0.1, 0.15) is 32.1 Å². The van der Waals surface area contributed by atoms with E-state index >= 15 is 0 Å². The minimum absolute atomic E-state index is 0.0709. The highest BCUT2D eigenvalue weighted by atomic mass is 16.5. The van der Waals surface area contributed by atoms with Crippen molar-refractivity contribution < 1.29 is 9.53 Å². The number of hydrogen-bond donors (Lipinski definition) is 1. The largest absolute Gasteiger partial charge is 0.467 e. The van der Waals surface area contributed by atoms with E-state index in [0.717, 1.165) is 25.7 Å². The highest BCUT2D eigenvalue weighted by molar-refractivity contribution is 5.95. The zero-order valence-electron chi connectivity index (χ0n) is 12.3. The lowest BCUT2D eigenvalue weighted by atomic mass is 9.88. The Labute approximate surface area is 119 Å². The maximum absolute atomic E-state index is 12.3. The van der Waals surface area contributed by atoms with Gasteiger partial charge in [0, 0.05) is 20.0 Å². The molecule has 1 aliphatic carbocycles. The predicted molar refractivity (Wildman–Crippen MR) is 78.1 cm³/mol. The minimum atomic E-state index is 0.0709. The van der Waals surface area contributed by atoms with Crippen LogP contribution in [0.5, 0.6) is 6.01 Å². The molecule has 1 saturated carbocycles. The van der Waals surface area contributed by atoms with E-state index in [1.54, 1.807) is 6.20 Å². The van der Waals surface area contributed by atoms with Crippen molar-refractivity contribution >= 4 is 17.4 Å². The lowest BCUT2D eigenvalue weighted by molar-refractivity contribution is -0.120. The first-order valence-electron chi connectivity index (χ1n) is 7.01. The Morgan fingerprint density at radius 2 is 2.05 bits per heavy atom. The number of methoxy groups -OCH3 is 1. The molecular weight excluding hydrogens is 256 g/mol. The summed E-state index contributed by atoms with van der Waals surface area (Å²) in [6.45, 7) is 0. The van der Waals surface area contributed by atoms with Crippen molar-refractivity contribution in [3.63, 3.8) is 0 Å². The molecule has 6 heteroatoms. The van der Waals surface area contributed by atoms with Gasteiger partial charge in [0.05, 0.1) is 13.3 Å². The van der Waals surface area contributed by atoms with Crippen LogP contribution in [0.3, 0.4) is 0 Å². The van der Waals surface area contributed by atoms with E-state index in [1.807, 2.05) is 19.0 Å². The fourth-order valence-corrected chi connectivity index (χ4v) is 2.48. The molecular formula is C14H22N4O2. The van der Waals surface area contributed by atoms with Crippen molar-refractivity contribution in [1.29, 1.82) is 0 Å². The number of nitrogens with one attached hydrogen (secondary N) is 1. The molecule has 1 heterocycles. The van der Waals surface area contributed by atoms with E-state index in [0.29, 0.717) is 17.5 Å². The number of carbonyl (C=O) groups excluding carboxylic acids is 1. The van der Waals surface area contributed by atoms with Gasteiger partial charge in [-0.15, -0.1) is 0 Å². The molecule has 0 saturated heterocycles. The molecule has 1 amide bonds. The van der Waals surface area contributed by atoms with Crippen LogP contribution < -0.4 is 15.0 Å². The normalized spacial score (nSPS) is 15.8. The average molecular weight is 278 g/mol. The SMILES string of the molecule is COc1ncc(NC(=O)C2CCCCC2)c(N(C)C)n1. The van der Waals surface area contributed by atoms with Crippen LogP contribution in [0, 0.1) is 5.92 Å². The van der Waals surface area contributed by atoms with Crippen molar-refractivity contribution in [2.45, 2.75) is 32.1 Å². The number of rotatable bonds is 4. The number of amides is 1. The summed E-state index contributed by atoms with van der Waals surface area (Å²) in [5, 5.41) is 2.95. The molecule has 0 spiro atoms. The first kappa shape index (κ1) is 14.6. The first-order chi connectivity index (χ1) is 9.61. The minimum Gasteiger partial charge on any atom is -0.467 e. The summed E-state index contributed by atoms with van der Waals surface area (Å²) in [6.07, 6.45) is 7.05. The van der Waals surface area contributed by atoms with Crippen LogP contribution in [-0.4, -0.2) is 37.1 Å². The van der Waals surface area contributed by atoms with E-state index in [4.69, 9.17) is 4.74 Å². The first-order valence-corrected chi connectivity index (χ1v) is 7.01. The molecule has 0 atom stereocenters. The number of anilines is 2. The Morgan fingerprint density at radius 3 is 2.65 bits per heavy atom. The fraction of sp³-hybridized carbons (Fsp3) is 0.643. The van der Waals surface area contributed by atoms with E-state index in [-0.39, 0.29) is 11.8 Å². The Morgan fingerprint density at radius 1 is 1.35 bits per heavy atom. The topological polar surface area (TPSA) is 67.3 Å². The van der Waals surface area contributed by atoms with Gasteiger partial charge in [-0.1, -0.05) is 19.3 Å². The number of carbonyl (C=O) groups is 1. The second kappa shape index (κ2) is 6.54. The molecule has 1 N–H and O–H groups in total. The molecule has 2 rings (SSSR count). The average Bonchev–Trinajstić information content (AvgIpc) is 2.48. The van der Waals surface area contributed by atoms with Gasteiger partial charge in [0.2, 0.25) is 5.91 Å². The van der Waals surface area contributed by atoms with E-state index < -0.39 is 0 Å². The highest BCUT2D eigenvalue weighted by Crippen LogP contribution is 2.27. The summed E-state index contributed by atoms with van der Waals surface area (Å²) in [5.41, 5.74) is 0.631. The second-order valence-corrected chi connectivity index (χ2v) is 5.31.